The number of rotatable bonds is 10. The van der Waals surface area contributed by atoms with Crippen LogP contribution in [0.15, 0.2) is 65.7 Å². The number of hydrogen-bond acceptors (Lipinski definition) is 7. The molecule has 0 aliphatic carbocycles. The maximum Gasteiger partial charge on any atom is 0.240 e. The lowest BCUT2D eigenvalue weighted by atomic mass is 10.1. The molecule has 0 spiro atoms. The summed E-state index contributed by atoms with van der Waals surface area (Å²) in [5, 5.41) is 12.3. The predicted molar refractivity (Wildman–Crippen MR) is 121 cm³/mol. The van der Waals surface area contributed by atoms with Crippen LogP contribution in [-0.2, 0) is 16.6 Å². The van der Waals surface area contributed by atoms with Crippen molar-refractivity contribution in [2.24, 2.45) is 0 Å². The molecule has 0 saturated heterocycles. The van der Waals surface area contributed by atoms with E-state index in [9.17, 15) is 13.5 Å². The summed E-state index contributed by atoms with van der Waals surface area (Å²) in [6, 6.07) is 15.7. The molecule has 3 N–H and O–H groups in total. The second-order valence-corrected chi connectivity index (χ2v) is 9.09. The normalized spacial score (nSPS) is 11.6. The Morgan fingerprint density at radius 2 is 1.71 bits per heavy atom. The number of sulfonamides is 1. The first-order valence-electron chi connectivity index (χ1n) is 9.92. The van der Waals surface area contributed by atoms with Gasteiger partial charge in [0.25, 0.3) is 0 Å². The minimum absolute atomic E-state index is 0.00578. The number of nitrogens with one attached hydrogen (secondary N) is 2. The number of aliphatic hydroxyl groups is 1. The highest BCUT2D eigenvalue weighted by molar-refractivity contribution is 7.89. The van der Waals surface area contributed by atoms with Gasteiger partial charge in [-0.15, -0.1) is 0 Å². The second kappa shape index (κ2) is 10.5. The van der Waals surface area contributed by atoms with E-state index in [0.717, 1.165) is 29.8 Å². The first-order valence-corrected chi connectivity index (χ1v) is 11.4. The third-order valence-electron chi connectivity index (χ3n) is 4.58. The topological polar surface area (TPSA) is 107 Å². The molecule has 8 nitrogen and oxygen atoms in total. The fourth-order valence-corrected chi connectivity index (χ4v) is 3.97. The molecule has 0 bridgehead atoms. The summed E-state index contributed by atoms with van der Waals surface area (Å²) in [6.45, 7) is 1.20. The molecule has 1 heterocycles. The zero-order valence-corrected chi connectivity index (χ0v) is 18.4. The standard InChI is InChI=1S/C22H27N5O3S/c1-27(2)15-3-13-24-31(29,30)20-10-8-19(9-11-20)25-22-23-14-12-21(26-22)18-6-4-17(16-28)5-7-18/h4-12,14,24,28H,3,13,15-16H2,1-2H3,(H,23,25,26). The van der Waals surface area contributed by atoms with Gasteiger partial charge in [0.05, 0.1) is 17.2 Å². The number of anilines is 2. The van der Waals surface area contributed by atoms with Crippen molar-refractivity contribution in [3.63, 3.8) is 0 Å². The van der Waals surface area contributed by atoms with E-state index in [1.54, 1.807) is 36.5 Å². The Kier molecular flexibility index (Phi) is 7.69. The van der Waals surface area contributed by atoms with Gasteiger partial charge in [0.1, 0.15) is 0 Å². The van der Waals surface area contributed by atoms with E-state index in [1.165, 1.54) is 0 Å². The van der Waals surface area contributed by atoms with Crippen LogP contribution in [0.3, 0.4) is 0 Å². The molecule has 3 aromatic rings. The van der Waals surface area contributed by atoms with Crippen LogP contribution in [0.2, 0.25) is 0 Å². The molecule has 0 atom stereocenters. The van der Waals surface area contributed by atoms with Gasteiger partial charge in [0.2, 0.25) is 16.0 Å². The predicted octanol–water partition coefficient (Wildman–Crippen LogP) is 2.61. The van der Waals surface area contributed by atoms with Crippen LogP contribution in [0.1, 0.15) is 12.0 Å². The number of nitrogens with zero attached hydrogens (tertiary/aromatic N) is 3. The van der Waals surface area contributed by atoms with Gasteiger partial charge in [-0.2, -0.15) is 0 Å². The van der Waals surface area contributed by atoms with Crippen molar-refractivity contribution in [1.29, 1.82) is 0 Å². The number of aromatic nitrogens is 2. The molecule has 0 amide bonds. The van der Waals surface area contributed by atoms with Gasteiger partial charge in [-0.3, -0.25) is 0 Å². The Morgan fingerprint density at radius 1 is 1.00 bits per heavy atom. The SMILES string of the molecule is CN(C)CCCNS(=O)(=O)c1ccc(Nc2nccc(-c3ccc(CO)cc3)n2)cc1. The smallest absolute Gasteiger partial charge is 0.240 e. The Hall–Kier alpha value is -2.85. The van der Waals surface area contributed by atoms with E-state index in [-0.39, 0.29) is 11.5 Å². The van der Waals surface area contributed by atoms with Gasteiger partial charge in [0.15, 0.2) is 0 Å². The zero-order chi connectivity index (χ0) is 22.3. The first-order chi connectivity index (χ1) is 14.9. The number of hydrogen-bond donors (Lipinski definition) is 3. The summed E-state index contributed by atoms with van der Waals surface area (Å²) in [4.78, 5) is 11.0. The summed E-state index contributed by atoms with van der Waals surface area (Å²) in [5.41, 5.74) is 3.16. The molecule has 1 aromatic heterocycles. The van der Waals surface area contributed by atoms with Crippen molar-refractivity contribution in [2.75, 3.05) is 32.5 Å². The minimum atomic E-state index is -3.54. The molecule has 31 heavy (non-hydrogen) atoms. The molecule has 0 saturated carbocycles. The van der Waals surface area contributed by atoms with Crippen LogP contribution in [0.25, 0.3) is 11.3 Å². The van der Waals surface area contributed by atoms with E-state index in [1.807, 2.05) is 43.3 Å². The molecule has 9 heteroatoms. The lowest BCUT2D eigenvalue weighted by molar-refractivity contribution is 0.282. The lowest BCUT2D eigenvalue weighted by Gasteiger charge is -2.11. The summed E-state index contributed by atoms with van der Waals surface area (Å²) < 4.78 is 27.4. The van der Waals surface area contributed by atoms with Gasteiger partial charge in [-0.05, 0) is 63.0 Å². The molecule has 3 rings (SSSR count). The van der Waals surface area contributed by atoms with Crippen molar-refractivity contribution < 1.29 is 13.5 Å². The third kappa shape index (κ3) is 6.56. The molecule has 0 radical (unpaired) electrons. The molecule has 2 aromatic carbocycles. The molecule has 164 valence electrons. The van der Waals surface area contributed by atoms with Crippen molar-refractivity contribution >= 4 is 21.7 Å². The third-order valence-corrected chi connectivity index (χ3v) is 6.06. The average Bonchev–Trinajstić information content (AvgIpc) is 2.77. The van der Waals surface area contributed by atoms with Gasteiger partial charge in [0, 0.05) is 24.0 Å². The Balaban J connectivity index is 1.65. The molecule has 0 fully saturated rings. The molecule has 0 aliphatic heterocycles. The summed E-state index contributed by atoms with van der Waals surface area (Å²) in [6.07, 6.45) is 2.39. The van der Waals surface area contributed by atoms with E-state index < -0.39 is 10.0 Å². The zero-order valence-electron chi connectivity index (χ0n) is 17.6. The Bertz CT molecular complexity index is 1080. The van der Waals surface area contributed by atoms with Crippen molar-refractivity contribution in [2.45, 2.75) is 17.9 Å². The molecule has 0 aliphatic rings. The van der Waals surface area contributed by atoms with Crippen LogP contribution in [0.4, 0.5) is 11.6 Å². The average molecular weight is 442 g/mol. The van der Waals surface area contributed by atoms with Gasteiger partial charge in [-0.25, -0.2) is 23.1 Å². The van der Waals surface area contributed by atoms with E-state index in [0.29, 0.717) is 18.2 Å². The monoisotopic (exact) mass is 441 g/mol. The Labute approximate surface area is 183 Å². The highest BCUT2D eigenvalue weighted by atomic mass is 32.2. The largest absolute Gasteiger partial charge is 0.392 e. The van der Waals surface area contributed by atoms with Crippen molar-refractivity contribution in [1.82, 2.24) is 19.6 Å². The maximum absolute atomic E-state index is 12.4. The summed E-state index contributed by atoms with van der Waals surface area (Å²) >= 11 is 0. The second-order valence-electron chi connectivity index (χ2n) is 7.32. The fraction of sp³-hybridized carbons (Fsp3) is 0.273. The number of benzene rings is 2. The first kappa shape index (κ1) is 22.8. The van der Waals surface area contributed by atoms with Crippen LogP contribution in [-0.4, -0.2) is 55.6 Å². The molecule has 0 unspecified atom stereocenters. The lowest BCUT2D eigenvalue weighted by Crippen LogP contribution is -2.27. The number of aliphatic hydroxyl groups excluding tert-OH is 1. The fourth-order valence-electron chi connectivity index (χ4n) is 2.89. The van der Waals surface area contributed by atoms with Crippen molar-refractivity contribution in [3.8, 4) is 11.3 Å². The maximum atomic E-state index is 12.4. The summed E-state index contributed by atoms with van der Waals surface area (Å²) in [5.74, 6) is 0.404. The van der Waals surface area contributed by atoms with Crippen LogP contribution in [0.5, 0.6) is 0 Å². The minimum Gasteiger partial charge on any atom is -0.392 e. The molecular formula is C22H27N5O3S. The van der Waals surface area contributed by atoms with Crippen molar-refractivity contribution in [3.05, 3.63) is 66.4 Å². The van der Waals surface area contributed by atoms with E-state index in [2.05, 4.69) is 20.0 Å². The van der Waals surface area contributed by atoms with Gasteiger partial charge >= 0.3 is 0 Å². The molecular weight excluding hydrogens is 414 g/mol. The van der Waals surface area contributed by atoms with E-state index in [4.69, 9.17) is 0 Å². The van der Waals surface area contributed by atoms with Crippen LogP contribution < -0.4 is 10.0 Å². The highest BCUT2D eigenvalue weighted by Gasteiger charge is 2.13. The van der Waals surface area contributed by atoms with Crippen LogP contribution >= 0.6 is 0 Å². The van der Waals surface area contributed by atoms with Gasteiger partial charge < -0.3 is 15.3 Å². The highest BCUT2D eigenvalue weighted by Crippen LogP contribution is 2.21. The van der Waals surface area contributed by atoms with E-state index >= 15 is 0 Å². The van der Waals surface area contributed by atoms with Crippen LogP contribution in [0, 0.1) is 0 Å². The van der Waals surface area contributed by atoms with Gasteiger partial charge in [-0.1, -0.05) is 24.3 Å². The quantitative estimate of drug-likeness (QED) is 0.415. The summed E-state index contributed by atoms with van der Waals surface area (Å²) in [7, 11) is 0.360. The Morgan fingerprint density at radius 3 is 2.35 bits per heavy atom.